The highest BCUT2D eigenvalue weighted by Crippen LogP contribution is 2.12. The predicted octanol–water partition coefficient (Wildman–Crippen LogP) is -1.08. The van der Waals surface area contributed by atoms with Crippen LogP contribution in [0.2, 0.25) is 0 Å². The number of ether oxygens (including phenoxy) is 1. The smallest absolute Gasteiger partial charge is 0.333 e. The zero-order valence-electron chi connectivity index (χ0n) is 9.33. The quantitative estimate of drug-likeness (QED) is 0.264. The van der Waals surface area contributed by atoms with Gasteiger partial charge in [0.2, 0.25) is 0 Å². The Hall–Kier alpha value is -0.950. The van der Waals surface area contributed by atoms with E-state index < -0.39 is 30.6 Å². The van der Waals surface area contributed by atoms with Crippen LogP contribution in [0.1, 0.15) is 20.3 Å². The Labute approximate surface area is 93.8 Å². The molecule has 0 heterocycles. The summed E-state index contributed by atoms with van der Waals surface area (Å²) in [6, 6.07) is 0. The number of hydrogen-bond donors (Lipinski definition) is 4. The number of carbonyl (C=O) groups is 1. The third-order valence-electron chi connectivity index (χ3n) is 2.03. The van der Waals surface area contributed by atoms with Crippen LogP contribution in [0.25, 0.3) is 0 Å². The molecule has 16 heavy (non-hydrogen) atoms. The van der Waals surface area contributed by atoms with Crippen LogP contribution in [0.5, 0.6) is 0 Å². The van der Waals surface area contributed by atoms with E-state index in [1.807, 2.05) is 0 Å². The van der Waals surface area contributed by atoms with Gasteiger partial charge in [-0.3, -0.25) is 0 Å². The minimum atomic E-state index is -2.07. The van der Waals surface area contributed by atoms with Crippen molar-refractivity contribution in [1.82, 2.24) is 0 Å². The van der Waals surface area contributed by atoms with Gasteiger partial charge in [-0.1, -0.05) is 13.5 Å². The monoisotopic (exact) mass is 234 g/mol. The van der Waals surface area contributed by atoms with Crippen LogP contribution < -0.4 is 0 Å². The summed E-state index contributed by atoms with van der Waals surface area (Å²) in [5.74, 6) is -0.861. The molecule has 0 saturated heterocycles. The summed E-state index contributed by atoms with van der Waals surface area (Å²) < 4.78 is 4.61. The molecule has 0 aromatic rings. The van der Waals surface area contributed by atoms with E-state index in [9.17, 15) is 15.0 Å². The molecule has 0 aromatic carbocycles. The summed E-state index contributed by atoms with van der Waals surface area (Å²) in [5, 5.41) is 36.7. The van der Waals surface area contributed by atoms with E-state index in [-0.39, 0.29) is 12.0 Å². The van der Waals surface area contributed by atoms with Crippen molar-refractivity contribution in [3.63, 3.8) is 0 Å². The van der Waals surface area contributed by atoms with Crippen molar-refractivity contribution in [2.45, 2.75) is 44.9 Å². The van der Waals surface area contributed by atoms with E-state index in [2.05, 4.69) is 11.3 Å². The number of esters is 1. The van der Waals surface area contributed by atoms with Gasteiger partial charge in [-0.05, 0) is 13.3 Å². The van der Waals surface area contributed by atoms with Gasteiger partial charge in [-0.2, -0.15) is 0 Å². The molecule has 0 fully saturated rings. The van der Waals surface area contributed by atoms with Crippen LogP contribution in [0.15, 0.2) is 12.2 Å². The third kappa shape index (κ3) is 4.28. The summed E-state index contributed by atoms with van der Waals surface area (Å²) >= 11 is 0. The third-order valence-corrected chi connectivity index (χ3v) is 2.03. The lowest BCUT2D eigenvalue weighted by Gasteiger charge is -2.27. The maximum Gasteiger partial charge on any atom is 0.333 e. The largest absolute Gasteiger partial charge is 0.451 e. The molecule has 0 rings (SSSR count). The molecule has 0 bridgehead atoms. The highest BCUT2D eigenvalue weighted by atomic mass is 16.6. The maximum atomic E-state index is 11.1. The minimum Gasteiger partial charge on any atom is -0.451 e. The summed E-state index contributed by atoms with van der Waals surface area (Å²) in [6.45, 7) is 6.28. The molecule has 3 atom stereocenters. The zero-order chi connectivity index (χ0) is 12.9. The molecule has 94 valence electrons. The predicted molar refractivity (Wildman–Crippen MR) is 55.2 cm³/mol. The van der Waals surface area contributed by atoms with Crippen LogP contribution in [0.3, 0.4) is 0 Å². The molecule has 0 amide bonds. The van der Waals surface area contributed by atoms with Gasteiger partial charge in [-0.25, -0.2) is 4.79 Å². The van der Waals surface area contributed by atoms with Gasteiger partial charge in [0, 0.05) is 5.57 Å². The van der Waals surface area contributed by atoms with E-state index in [0.717, 1.165) is 0 Å². The standard InChI is InChI=1S/C10H18O6/c1-4-6(11)7(12)8(9(13)14)16-10(15)5(2)3/h6-9,11-14H,2,4H2,1,3H3/t6-,7?,8+/m1/s1. The van der Waals surface area contributed by atoms with Crippen LogP contribution in [-0.4, -0.2) is 51.0 Å². The Kier molecular flexibility index (Phi) is 6.20. The van der Waals surface area contributed by atoms with Crippen molar-refractivity contribution < 1.29 is 30.0 Å². The molecule has 0 aliphatic carbocycles. The second kappa shape index (κ2) is 6.59. The molecule has 0 spiro atoms. The zero-order valence-corrected chi connectivity index (χ0v) is 9.33. The first-order valence-corrected chi connectivity index (χ1v) is 4.90. The summed E-state index contributed by atoms with van der Waals surface area (Å²) in [6.07, 6.45) is -6.24. The van der Waals surface area contributed by atoms with Gasteiger partial charge < -0.3 is 25.2 Å². The average Bonchev–Trinajstić information content (AvgIpc) is 2.22. The number of aliphatic hydroxyl groups is 4. The van der Waals surface area contributed by atoms with E-state index in [1.54, 1.807) is 6.92 Å². The molecule has 0 radical (unpaired) electrons. The second-order valence-corrected chi connectivity index (χ2v) is 3.53. The number of carbonyl (C=O) groups excluding carboxylic acids is 1. The van der Waals surface area contributed by atoms with Gasteiger partial charge in [0.25, 0.3) is 0 Å². The molecule has 0 aliphatic rings. The maximum absolute atomic E-state index is 11.1. The van der Waals surface area contributed by atoms with E-state index >= 15 is 0 Å². The second-order valence-electron chi connectivity index (χ2n) is 3.53. The molecular formula is C10H18O6. The van der Waals surface area contributed by atoms with Crippen molar-refractivity contribution >= 4 is 5.97 Å². The first-order chi connectivity index (χ1) is 7.31. The number of aliphatic hydroxyl groups excluding tert-OH is 3. The Morgan fingerprint density at radius 2 is 1.81 bits per heavy atom. The highest BCUT2D eigenvalue weighted by Gasteiger charge is 2.33. The SMILES string of the molecule is C=C(C)C(=O)O[C@H](C(O)O)C(O)[C@H](O)CC. The topological polar surface area (TPSA) is 107 Å². The Bertz CT molecular complexity index is 250. The molecule has 6 nitrogen and oxygen atoms in total. The van der Waals surface area contributed by atoms with Gasteiger partial charge in [-0.15, -0.1) is 0 Å². The normalized spacial score (nSPS) is 16.7. The van der Waals surface area contributed by atoms with E-state index in [0.29, 0.717) is 0 Å². The fourth-order valence-electron chi connectivity index (χ4n) is 0.992. The highest BCUT2D eigenvalue weighted by molar-refractivity contribution is 5.87. The molecule has 0 saturated carbocycles. The van der Waals surface area contributed by atoms with E-state index in [1.165, 1.54) is 6.92 Å². The number of rotatable bonds is 6. The average molecular weight is 234 g/mol. The summed E-state index contributed by atoms with van der Waals surface area (Å²) in [4.78, 5) is 11.1. The van der Waals surface area contributed by atoms with Crippen LogP contribution in [-0.2, 0) is 9.53 Å². The van der Waals surface area contributed by atoms with Gasteiger partial charge >= 0.3 is 5.97 Å². The first-order valence-electron chi connectivity index (χ1n) is 4.90. The van der Waals surface area contributed by atoms with Gasteiger partial charge in [0.15, 0.2) is 12.4 Å². The van der Waals surface area contributed by atoms with Gasteiger partial charge in [0.1, 0.15) is 6.10 Å². The van der Waals surface area contributed by atoms with Gasteiger partial charge in [0.05, 0.1) is 6.10 Å². The van der Waals surface area contributed by atoms with Crippen molar-refractivity contribution in [3.8, 4) is 0 Å². The Balaban J connectivity index is 4.62. The van der Waals surface area contributed by atoms with Crippen LogP contribution >= 0.6 is 0 Å². The summed E-state index contributed by atoms with van der Waals surface area (Å²) in [5.41, 5.74) is 0.0591. The molecule has 6 heteroatoms. The van der Waals surface area contributed by atoms with E-state index in [4.69, 9.17) is 10.2 Å². The molecule has 1 unspecified atom stereocenters. The van der Waals surface area contributed by atoms with Crippen LogP contribution in [0, 0.1) is 0 Å². The van der Waals surface area contributed by atoms with Crippen molar-refractivity contribution in [1.29, 1.82) is 0 Å². The lowest BCUT2D eigenvalue weighted by Crippen LogP contribution is -2.47. The summed E-state index contributed by atoms with van der Waals surface area (Å²) in [7, 11) is 0. The van der Waals surface area contributed by atoms with Crippen molar-refractivity contribution in [2.75, 3.05) is 0 Å². The molecule has 0 aromatic heterocycles. The molecular weight excluding hydrogens is 216 g/mol. The fraction of sp³-hybridized carbons (Fsp3) is 0.700. The van der Waals surface area contributed by atoms with Crippen molar-refractivity contribution in [3.05, 3.63) is 12.2 Å². The Morgan fingerprint density at radius 1 is 1.31 bits per heavy atom. The molecule has 4 N–H and O–H groups in total. The minimum absolute atomic E-state index is 0.0591. The fourth-order valence-corrected chi connectivity index (χ4v) is 0.992. The van der Waals surface area contributed by atoms with Crippen LogP contribution in [0.4, 0.5) is 0 Å². The first kappa shape index (κ1) is 15.0. The van der Waals surface area contributed by atoms with Crippen molar-refractivity contribution in [2.24, 2.45) is 0 Å². The molecule has 0 aliphatic heterocycles. The lowest BCUT2D eigenvalue weighted by molar-refractivity contribution is -0.201. The number of hydrogen-bond acceptors (Lipinski definition) is 6. The Morgan fingerprint density at radius 3 is 2.12 bits per heavy atom. The lowest BCUT2D eigenvalue weighted by atomic mass is 10.1.